The Morgan fingerprint density at radius 1 is 1.11 bits per heavy atom. The first kappa shape index (κ1) is 23.4. The number of hydrogen-bond acceptors (Lipinski definition) is 5. The largest absolute Gasteiger partial charge is 0.434 e. The molecular formula is C23H14ClF4N7O. The molecule has 1 amide bonds. The first-order valence-electron chi connectivity index (χ1n) is 10.3. The highest BCUT2D eigenvalue weighted by Gasteiger charge is 2.41. The third-order valence-electron chi connectivity index (χ3n) is 5.32. The van der Waals surface area contributed by atoms with Crippen LogP contribution in [0, 0.1) is 5.82 Å². The molecule has 0 aliphatic rings. The van der Waals surface area contributed by atoms with Crippen LogP contribution in [0.4, 0.5) is 23.2 Å². The van der Waals surface area contributed by atoms with Crippen LogP contribution in [0.25, 0.3) is 27.8 Å². The average molecular weight is 516 g/mol. The maximum Gasteiger partial charge on any atom is 0.434 e. The van der Waals surface area contributed by atoms with Crippen LogP contribution in [0.2, 0.25) is 5.15 Å². The summed E-state index contributed by atoms with van der Waals surface area (Å²) in [6, 6.07) is 8.11. The summed E-state index contributed by atoms with van der Waals surface area (Å²) in [6.07, 6.45) is -0.0801. The third kappa shape index (κ3) is 4.15. The quantitative estimate of drug-likeness (QED) is 0.329. The molecule has 0 saturated carbocycles. The van der Waals surface area contributed by atoms with E-state index < -0.39 is 29.2 Å². The zero-order valence-electron chi connectivity index (χ0n) is 18.3. The minimum atomic E-state index is -4.96. The van der Waals surface area contributed by atoms with Gasteiger partial charge >= 0.3 is 6.18 Å². The number of nitrogens with zero attached hydrogens (tertiary/aromatic N) is 6. The highest BCUT2D eigenvalue weighted by Crippen LogP contribution is 2.36. The number of fused-ring (bicyclic) bond motifs is 1. The van der Waals surface area contributed by atoms with Crippen molar-refractivity contribution in [3.8, 4) is 16.9 Å². The van der Waals surface area contributed by atoms with Gasteiger partial charge in [0.05, 0.1) is 35.0 Å². The molecule has 0 spiro atoms. The fourth-order valence-electron chi connectivity index (χ4n) is 3.71. The lowest BCUT2D eigenvalue weighted by Crippen LogP contribution is -2.21. The van der Waals surface area contributed by atoms with Gasteiger partial charge in [0.15, 0.2) is 5.69 Å². The van der Waals surface area contributed by atoms with Crippen molar-refractivity contribution in [1.82, 2.24) is 29.5 Å². The maximum atomic E-state index is 14.2. The average Bonchev–Trinajstić information content (AvgIpc) is 3.44. The molecule has 0 unspecified atom stereocenters. The van der Waals surface area contributed by atoms with Crippen molar-refractivity contribution in [3.63, 3.8) is 0 Å². The fraction of sp³-hybridized carbons (Fsp3) is 0.0870. The van der Waals surface area contributed by atoms with Crippen LogP contribution in [0.1, 0.15) is 16.1 Å². The summed E-state index contributed by atoms with van der Waals surface area (Å²) in [5, 5.41) is 10.9. The Labute approximate surface area is 205 Å². The number of carbonyl (C=O) groups excluding carboxylic acids is 1. The molecule has 0 fully saturated rings. The van der Waals surface area contributed by atoms with Crippen LogP contribution in [0.3, 0.4) is 0 Å². The van der Waals surface area contributed by atoms with Gasteiger partial charge in [-0.1, -0.05) is 11.6 Å². The molecule has 182 valence electrons. The number of rotatable bonds is 4. The van der Waals surface area contributed by atoms with E-state index in [9.17, 15) is 22.4 Å². The Balaban J connectivity index is 1.54. The molecule has 0 bridgehead atoms. The van der Waals surface area contributed by atoms with E-state index in [2.05, 4.69) is 25.5 Å². The second kappa shape index (κ2) is 8.72. The second-order valence-corrected chi connectivity index (χ2v) is 8.06. The topological polar surface area (TPSA) is 90.5 Å². The Kier molecular flexibility index (Phi) is 5.67. The zero-order chi connectivity index (χ0) is 25.6. The number of benzene rings is 1. The van der Waals surface area contributed by atoms with Gasteiger partial charge in [-0.05, 0) is 30.3 Å². The van der Waals surface area contributed by atoms with Gasteiger partial charge in [-0.3, -0.25) is 19.4 Å². The van der Waals surface area contributed by atoms with E-state index in [1.54, 1.807) is 13.1 Å². The Morgan fingerprint density at radius 2 is 1.92 bits per heavy atom. The van der Waals surface area contributed by atoms with Crippen molar-refractivity contribution >= 4 is 34.1 Å². The fourth-order valence-corrected chi connectivity index (χ4v) is 3.85. The summed E-state index contributed by atoms with van der Waals surface area (Å²) in [4.78, 5) is 20.9. The Hall–Kier alpha value is -4.32. The summed E-state index contributed by atoms with van der Waals surface area (Å²) < 4.78 is 58.7. The van der Waals surface area contributed by atoms with Crippen LogP contribution in [-0.2, 0) is 13.2 Å². The number of anilines is 1. The van der Waals surface area contributed by atoms with Crippen LogP contribution in [0.5, 0.6) is 0 Å². The monoisotopic (exact) mass is 515 g/mol. The van der Waals surface area contributed by atoms with Gasteiger partial charge in [-0.15, -0.1) is 0 Å². The Morgan fingerprint density at radius 3 is 2.64 bits per heavy atom. The van der Waals surface area contributed by atoms with Gasteiger partial charge in [-0.2, -0.15) is 23.4 Å². The number of carbonyl (C=O) groups is 1. The second-order valence-electron chi connectivity index (χ2n) is 7.67. The predicted octanol–water partition coefficient (Wildman–Crippen LogP) is 5.28. The third-order valence-corrected chi connectivity index (χ3v) is 5.68. The SMILES string of the molecule is Cn1nc(-c2cncc(NC(=O)c3cnn(-c4ccc(F)c5ncccc45)c3C(F)(F)F)c2)cc1Cl. The maximum absolute atomic E-state index is 14.2. The zero-order valence-corrected chi connectivity index (χ0v) is 19.0. The number of aryl methyl sites for hydroxylation is 1. The Bertz CT molecular complexity index is 1610. The highest BCUT2D eigenvalue weighted by molar-refractivity contribution is 6.29. The molecular weight excluding hydrogens is 502 g/mol. The van der Waals surface area contributed by atoms with Gasteiger partial charge in [-0.25, -0.2) is 9.07 Å². The van der Waals surface area contributed by atoms with E-state index in [0.29, 0.717) is 21.1 Å². The van der Waals surface area contributed by atoms with Gasteiger partial charge < -0.3 is 5.32 Å². The van der Waals surface area contributed by atoms with Gasteiger partial charge in [0.25, 0.3) is 5.91 Å². The molecule has 13 heteroatoms. The van der Waals surface area contributed by atoms with E-state index >= 15 is 0 Å². The van der Waals surface area contributed by atoms with Crippen molar-refractivity contribution in [2.75, 3.05) is 5.32 Å². The summed E-state index contributed by atoms with van der Waals surface area (Å²) in [7, 11) is 1.64. The van der Waals surface area contributed by atoms with Gasteiger partial charge in [0.1, 0.15) is 16.5 Å². The molecule has 0 aliphatic heterocycles. The van der Waals surface area contributed by atoms with Crippen LogP contribution >= 0.6 is 11.6 Å². The lowest BCUT2D eigenvalue weighted by atomic mass is 10.1. The van der Waals surface area contributed by atoms with E-state index in [1.807, 2.05) is 0 Å². The number of halogens is 5. The van der Waals surface area contributed by atoms with E-state index in [4.69, 9.17) is 11.6 Å². The lowest BCUT2D eigenvalue weighted by molar-refractivity contribution is -0.143. The minimum Gasteiger partial charge on any atom is -0.320 e. The molecule has 0 aliphatic carbocycles. The minimum absolute atomic E-state index is 0.0819. The molecule has 0 radical (unpaired) electrons. The van der Waals surface area contributed by atoms with Crippen LogP contribution < -0.4 is 5.32 Å². The number of nitrogens with one attached hydrogen (secondary N) is 1. The van der Waals surface area contributed by atoms with Gasteiger partial charge in [0, 0.05) is 36.5 Å². The van der Waals surface area contributed by atoms with E-state index in [-0.39, 0.29) is 22.3 Å². The first-order valence-corrected chi connectivity index (χ1v) is 10.7. The number of pyridine rings is 2. The molecule has 1 N–H and O–H groups in total. The predicted molar refractivity (Wildman–Crippen MR) is 123 cm³/mol. The molecule has 0 saturated heterocycles. The first-order chi connectivity index (χ1) is 17.1. The van der Waals surface area contributed by atoms with Gasteiger partial charge in [0.2, 0.25) is 0 Å². The van der Waals surface area contributed by atoms with Crippen molar-refractivity contribution in [1.29, 1.82) is 0 Å². The molecule has 8 nitrogen and oxygen atoms in total. The highest BCUT2D eigenvalue weighted by atomic mass is 35.5. The van der Waals surface area contributed by atoms with Crippen molar-refractivity contribution in [2.24, 2.45) is 7.05 Å². The van der Waals surface area contributed by atoms with Crippen molar-refractivity contribution in [3.05, 3.63) is 83.4 Å². The summed E-state index contributed by atoms with van der Waals surface area (Å²) in [5.41, 5.74) is -1.16. The number of alkyl halides is 3. The molecule has 4 aromatic heterocycles. The number of hydrogen-bond donors (Lipinski definition) is 1. The molecule has 0 atom stereocenters. The summed E-state index contributed by atoms with van der Waals surface area (Å²) in [5.74, 6) is -1.76. The smallest absolute Gasteiger partial charge is 0.320 e. The van der Waals surface area contributed by atoms with E-state index in [0.717, 1.165) is 18.3 Å². The van der Waals surface area contributed by atoms with Crippen LogP contribution in [-0.4, -0.2) is 35.4 Å². The van der Waals surface area contributed by atoms with Crippen molar-refractivity contribution in [2.45, 2.75) is 6.18 Å². The summed E-state index contributed by atoms with van der Waals surface area (Å²) in [6.45, 7) is 0. The van der Waals surface area contributed by atoms with Crippen LogP contribution in [0.15, 0.2) is 61.2 Å². The standard InChI is InChI=1S/C23H14ClF4N7O/c1-34-19(24)8-17(33-34)12-7-13(10-29-9-12)32-22(36)15-11-31-35(21(15)23(26,27)28)18-5-4-16(25)20-14(18)3-2-6-30-20/h2-11H,1H3,(H,32,36). The molecule has 36 heavy (non-hydrogen) atoms. The molecule has 5 aromatic rings. The number of aromatic nitrogens is 6. The van der Waals surface area contributed by atoms with Crippen molar-refractivity contribution < 1.29 is 22.4 Å². The van der Waals surface area contributed by atoms with E-state index in [1.165, 1.54) is 41.5 Å². The summed E-state index contributed by atoms with van der Waals surface area (Å²) >= 11 is 6.01. The molecule has 1 aromatic carbocycles. The normalized spacial score (nSPS) is 11.7. The molecule has 5 rings (SSSR count). The molecule has 4 heterocycles. The lowest BCUT2D eigenvalue weighted by Gasteiger charge is -2.14. The number of amides is 1.